The van der Waals surface area contributed by atoms with E-state index in [2.05, 4.69) is 15.4 Å². The highest BCUT2D eigenvalue weighted by molar-refractivity contribution is 6.33. The fraction of sp³-hybridized carbons (Fsp3) is 0.214. The molecule has 3 amide bonds. The number of aromatic nitrogens is 3. The number of nitrogens with two attached hydrogens (primary N) is 1. The molecular weight excluding hydrogens is 574 g/mol. The lowest BCUT2D eigenvalue weighted by molar-refractivity contribution is -0.137. The second-order valence-corrected chi connectivity index (χ2v) is 9.89. The van der Waals surface area contributed by atoms with Gasteiger partial charge >= 0.3 is 5.97 Å². The van der Waals surface area contributed by atoms with Crippen LogP contribution >= 0.6 is 11.6 Å². The van der Waals surface area contributed by atoms with Crippen LogP contribution in [0.25, 0.3) is 22.2 Å². The van der Waals surface area contributed by atoms with Gasteiger partial charge < -0.3 is 20.7 Å². The third-order valence-corrected chi connectivity index (χ3v) is 7.14. The molecule has 2 aromatic heterocycles. The summed E-state index contributed by atoms with van der Waals surface area (Å²) in [6.07, 6.45) is -0.367. The summed E-state index contributed by atoms with van der Waals surface area (Å²) in [6, 6.07) is 10.4. The molecule has 0 unspecified atom stereocenters. The summed E-state index contributed by atoms with van der Waals surface area (Å²) in [5, 5.41) is 6.99. The Labute approximate surface area is 242 Å². The molecule has 2 aromatic carbocycles. The van der Waals surface area contributed by atoms with Crippen molar-refractivity contribution in [1.29, 1.82) is 0 Å². The first-order valence-electron chi connectivity index (χ1n) is 12.6. The molecule has 11 nitrogen and oxygen atoms in total. The zero-order valence-electron chi connectivity index (χ0n) is 22.0. The second-order valence-electron chi connectivity index (χ2n) is 9.48. The highest BCUT2D eigenvalue weighted by Gasteiger charge is 2.40. The monoisotopic (exact) mass is 596 g/mol. The first-order chi connectivity index (χ1) is 20.1. The summed E-state index contributed by atoms with van der Waals surface area (Å²) in [5.74, 6) is -3.82. The Balaban J connectivity index is 1.39. The Hall–Kier alpha value is -4.91. The van der Waals surface area contributed by atoms with Crippen LogP contribution in [0.5, 0.6) is 0 Å². The number of primary amides is 1. The minimum Gasteiger partial charge on any atom is -0.465 e. The number of hydrogen-bond donors (Lipinski definition) is 2. The van der Waals surface area contributed by atoms with Gasteiger partial charge in [0.15, 0.2) is 11.5 Å². The van der Waals surface area contributed by atoms with Crippen molar-refractivity contribution in [2.75, 3.05) is 19.0 Å². The number of fused-ring (bicyclic) bond motifs is 1. The zero-order valence-corrected chi connectivity index (χ0v) is 22.8. The summed E-state index contributed by atoms with van der Waals surface area (Å²) in [7, 11) is 1.20. The van der Waals surface area contributed by atoms with Gasteiger partial charge in [0.1, 0.15) is 18.8 Å². The van der Waals surface area contributed by atoms with Crippen LogP contribution in [-0.2, 0) is 20.9 Å². The Morgan fingerprint density at radius 3 is 2.67 bits per heavy atom. The minimum atomic E-state index is -1.51. The predicted molar refractivity (Wildman–Crippen MR) is 148 cm³/mol. The van der Waals surface area contributed by atoms with Crippen LogP contribution in [-0.4, -0.2) is 69.2 Å². The van der Waals surface area contributed by atoms with Crippen molar-refractivity contribution in [1.82, 2.24) is 19.7 Å². The summed E-state index contributed by atoms with van der Waals surface area (Å²) in [5.41, 5.74) is 5.73. The van der Waals surface area contributed by atoms with Crippen molar-refractivity contribution in [3.05, 3.63) is 76.8 Å². The SMILES string of the molecule is COC(=O)c1ccc2c(c1)c(C(N)=O)nn2CC(=O)N1C[C@H](F)C[C@H]1C(=O)Nc1cccc(-c2ncccc2Cl)c1F. The normalized spacial score (nSPS) is 16.4. The van der Waals surface area contributed by atoms with Gasteiger partial charge in [-0.1, -0.05) is 17.7 Å². The van der Waals surface area contributed by atoms with Gasteiger partial charge in [0.2, 0.25) is 11.8 Å². The van der Waals surface area contributed by atoms with Crippen molar-refractivity contribution < 1.29 is 32.7 Å². The number of methoxy groups -OCH3 is 1. The van der Waals surface area contributed by atoms with Crippen LogP contribution in [0.2, 0.25) is 5.02 Å². The number of anilines is 1. The van der Waals surface area contributed by atoms with Crippen LogP contribution in [0.1, 0.15) is 27.3 Å². The van der Waals surface area contributed by atoms with Gasteiger partial charge in [0.25, 0.3) is 5.91 Å². The maximum Gasteiger partial charge on any atom is 0.337 e. The molecular formula is C28H23ClF2N6O5. The molecule has 42 heavy (non-hydrogen) atoms. The van der Waals surface area contributed by atoms with E-state index in [1.807, 2.05) is 0 Å². The first kappa shape index (κ1) is 28.6. The predicted octanol–water partition coefficient (Wildman–Crippen LogP) is 3.35. The van der Waals surface area contributed by atoms with Gasteiger partial charge in [-0.15, -0.1) is 0 Å². The maximum absolute atomic E-state index is 15.4. The van der Waals surface area contributed by atoms with Crippen molar-refractivity contribution in [3.8, 4) is 11.3 Å². The molecule has 14 heteroatoms. The quantitative estimate of drug-likeness (QED) is 0.311. The molecule has 4 aromatic rings. The van der Waals surface area contributed by atoms with E-state index < -0.39 is 48.3 Å². The Bertz CT molecular complexity index is 1750. The number of esters is 1. The number of pyridine rings is 1. The third-order valence-electron chi connectivity index (χ3n) is 6.83. The van der Waals surface area contributed by atoms with Gasteiger partial charge in [-0.05, 0) is 42.5 Å². The molecule has 0 spiro atoms. The topological polar surface area (TPSA) is 150 Å². The number of amides is 3. The lowest BCUT2D eigenvalue weighted by Gasteiger charge is -2.24. The number of likely N-dealkylation sites (tertiary alicyclic amines) is 1. The van der Waals surface area contributed by atoms with Crippen LogP contribution in [0.4, 0.5) is 14.5 Å². The van der Waals surface area contributed by atoms with Crippen LogP contribution in [0.15, 0.2) is 54.7 Å². The molecule has 216 valence electrons. The molecule has 1 fully saturated rings. The largest absolute Gasteiger partial charge is 0.465 e. The molecule has 3 N–H and O–H groups in total. The average Bonchev–Trinajstić information content (AvgIpc) is 3.54. The van der Waals surface area contributed by atoms with Crippen LogP contribution in [0, 0.1) is 5.82 Å². The molecule has 0 bridgehead atoms. The van der Waals surface area contributed by atoms with E-state index in [1.54, 1.807) is 12.1 Å². The Morgan fingerprint density at radius 2 is 1.95 bits per heavy atom. The molecule has 3 heterocycles. The van der Waals surface area contributed by atoms with Crippen molar-refractivity contribution in [3.63, 3.8) is 0 Å². The summed E-state index contributed by atoms with van der Waals surface area (Å²) in [4.78, 5) is 55.7. The van der Waals surface area contributed by atoms with Gasteiger partial charge in [-0.25, -0.2) is 13.6 Å². The van der Waals surface area contributed by atoms with Crippen molar-refractivity contribution in [2.45, 2.75) is 25.2 Å². The lowest BCUT2D eigenvalue weighted by Crippen LogP contribution is -2.44. The van der Waals surface area contributed by atoms with E-state index in [0.717, 1.165) is 4.90 Å². The number of nitrogens with one attached hydrogen (secondary N) is 1. The van der Waals surface area contributed by atoms with Gasteiger partial charge in [0.05, 0.1) is 41.1 Å². The fourth-order valence-electron chi connectivity index (χ4n) is 4.87. The van der Waals surface area contributed by atoms with E-state index in [1.165, 1.54) is 54.4 Å². The molecule has 1 saturated heterocycles. The molecule has 5 rings (SSSR count). The number of rotatable bonds is 7. The molecule has 2 atom stereocenters. The third kappa shape index (κ3) is 5.38. The van der Waals surface area contributed by atoms with Crippen molar-refractivity contribution >= 4 is 51.9 Å². The smallest absolute Gasteiger partial charge is 0.337 e. The van der Waals surface area contributed by atoms with E-state index in [-0.39, 0.29) is 51.6 Å². The molecule has 0 saturated carbocycles. The van der Waals surface area contributed by atoms with E-state index in [0.29, 0.717) is 5.52 Å². The van der Waals surface area contributed by atoms with E-state index in [4.69, 9.17) is 22.1 Å². The van der Waals surface area contributed by atoms with Crippen LogP contribution in [0.3, 0.4) is 0 Å². The lowest BCUT2D eigenvalue weighted by atomic mass is 10.1. The summed E-state index contributed by atoms with van der Waals surface area (Å²) in [6.45, 7) is -0.850. The standard InChI is InChI=1S/C28H23ClF2N6O5/c1-42-28(41)14-7-8-20-17(10-14)25(26(32)39)35-37(20)13-22(38)36-12-15(30)11-21(36)27(40)34-19-6-2-4-16(23(19)31)24-18(29)5-3-9-33-24/h2-10,15,21H,11-13H2,1H3,(H2,32,39)(H,34,40)/t15-,21+/m1/s1. The number of halogens is 3. The molecule has 1 aliphatic heterocycles. The Kier molecular flexibility index (Phi) is 7.85. The summed E-state index contributed by atoms with van der Waals surface area (Å²) >= 11 is 6.16. The van der Waals surface area contributed by atoms with E-state index in [9.17, 15) is 23.6 Å². The summed E-state index contributed by atoms with van der Waals surface area (Å²) < 4.78 is 35.8. The number of alkyl halides is 1. The van der Waals surface area contributed by atoms with Gasteiger partial charge in [-0.3, -0.25) is 24.0 Å². The number of hydrogen-bond acceptors (Lipinski definition) is 7. The first-order valence-corrected chi connectivity index (χ1v) is 13.0. The number of nitrogens with zero attached hydrogens (tertiary/aromatic N) is 4. The average molecular weight is 597 g/mol. The zero-order chi connectivity index (χ0) is 30.1. The highest BCUT2D eigenvalue weighted by atomic mass is 35.5. The second kappa shape index (κ2) is 11.5. The van der Waals surface area contributed by atoms with Crippen molar-refractivity contribution in [2.24, 2.45) is 5.73 Å². The molecule has 0 radical (unpaired) electrons. The maximum atomic E-state index is 15.4. The number of benzene rings is 2. The molecule has 0 aliphatic carbocycles. The van der Waals surface area contributed by atoms with E-state index >= 15 is 4.39 Å². The van der Waals surface area contributed by atoms with Crippen LogP contribution < -0.4 is 11.1 Å². The highest BCUT2D eigenvalue weighted by Crippen LogP contribution is 2.32. The number of ether oxygens (including phenoxy) is 1. The minimum absolute atomic E-state index is 0.0484. The Morgan fingerprint density at radius 1 is 1.17 bits per heavy atom. The van der Waals surface area contributed by atoms with Gasteiger partial charge in [-0.2, -0.15) is 5.10 Å². The van der Waals surface area contributed by atoms with Gasteiger partial charge in [0, 0.05) is 23.6 Å². The number of carbonyl (C=O) groups is 4. The number of carbonyl (C=O) groups excluding carboxylic acids is 4. The fourth-order valence-corrected chi connectivity index (χ4v) is 5.09. The molecule has 1 aliphatic rings.